The Labute approximate surface area is 115 Å². The van der Waals surface area contributed by atoms with E-state index in [-0.39, 0.29) is 11.5 Å². The largest absolute Gasteiger partial charge is 0.508 e. The third-order valence-corrected chi connectivity index (χ3v) is 4.10. The maximum atomic E-state index is 10.3. The van der Waals surface area contributed by atoms with Crippen LogP contribution in [-0.2, 0) is 5.41 Å². The Kier molecular flexibility index (Phi) is 4.35. The number of phenolic OH excluding ortho intramolecular Hbond substituents is 1. The van der Waals surface area contributed by atoms with E-state index in [1.165, 1.54) is 19.3 Å². The van der Waals surface area contributed by atoms with Crippen molar-refractivity contribution >= 4 is 0 Å². The smallest absolute Gasteiger partial charge is 0.127 e. The number of hydrogen-bond acceptors (Lipinski definition) is 3. The monoisotopic (exact) mass is 263 g/mol. The van der Waals surface area contributed by atoms with Crippen molar-refractivity contribution in [3.8, 4) is 11.5 Å². The molecular weight excluding hydrogens is 238 g/mol. The fourth-order valence-corrected chi connectivity index (χ4v) is 3.19. The second-order valence-corrected chi connectivity index (χ2v) is 5.86. The number of aromatic hydroxyl groups is 1. The average Bonchev–Trinajstić information content (AvgIpc) is 2.39. The first-order valence-corrected chi connectivity index (χ1v) is 7.28. The predicted molar refractivity (Wildman–Crippen MR) is 77.7 cm³/mol. The van der Waals surface area contributed by atoms with E-state index in [1.807, 2.05) is 26.0 Å². The van der Waals surface area contributed by atoms with Crippen LogP contribution in [0.1, 0.15) is 51.5 Å². The van der Waals surface area contributed by atoms with E-state index in [4.69, 9.17) is 10.5 Å². The van der Waals surface area contributed by atoms with Crippen LogP contribution in [0.4, 0.5) is 0 Å². The predicted octanol–water partition coefficient (Wildman–Crippen LogP) is 3.34. The van der Waals surface area contributed by atoms with Gasteiger partial charge < -0.3 is 15.6 Å². The molecule has 0 amide bonds. The highest BCUT2D eigenvalue weighted by Gasteiger charge is 2.37. The minimum atomic E-state index is -0.117. The number of nitrogens with two attached hydrogens (primary N) is 1. The molecule has 0 bridgehead atoms. The zero-order chi connectivity index (χ0) is 13.9. The van der Waals surface area contributed by atoms with E-state index in [2.05, 4.69) is 0 Å². The Balaban J connectivity index is 2.45. The fraction of sp³-hybridized carbons (Fsp3) is 0.625. The maximum Gasteiger partial charge on any atom is 0.127 e. The molecule has 19 heavy (non-hydrogen) atoms. The lowest BCUT2D eigenvalue weighted by atomic mass is 9.69. The van der Waals surface area contributed by atoms with Gasteiger partial charge in [0.25, 0.3) is 0 Å². The summed E-state index contributed by atoms with van der Waals surface area (Å²) in [6.07, 6.45) is 5.78. The molecular formula is C16H25NO2. The van der Waals surface area contributed by atoms with Crippen molar-refractivity contribution in [2.75, 3.05) is 6.54 Å². The molecule has 1 fully saturated rings. The number of phenols is 1. The van der Waals surface area contributed by atoms with Gasteiger partial charge in [0.15, 0.2) is 0 Å². The van der Waals surface area contributed by atoms with Crippen molar-refractivity contribution in [3.05, 3.63) is 23.8 Å². The van der Waals surface area contributed by atoms with E-state index in [9.17, 15) is 5.11 Å². The van der Waals surface area contributed by atoms with Crippen molar-refractivity contribution < 1.29 is 9.84 Å². The number of benzene rings is 1. The van der Waals surface area contributed by atoms with Gasteiger partial charge in [-0.15, -0.1) is 0 Å². The molecule has 0 spiro atoms. The number of ether oxygens (including phenoxy) is 1. The first-order chi connectivity index (χ1) is 9.09. The van der Waals surface area contributed by atoms with Crippen LogP contribution in [-0.4, -0.2) is 17.8 Å². The van der Waals surface area contributed by atoms with Crippen LogP contribution in [0, 0.1) is 0 Å². The van der Waals surface area contributed by atoms with Crippen LogP contribution < -0.4 is 10.5 Å². The highest BCUT2D eigenvalue weighted by atomic mass is 16.5. The highest BCUT2D eigenvalue weighted by Crippen LogP contribution is 2.46. The first-order valence-electron chi connectivity index (χ1n) is 7.28. The molecule has 0 aliphatic heterocycles. The molecule has 1 saturated carbocycles. The number of rotatable bonds is 4. The van der Waals surface area contributed by atoms with Crippen molar-refractivity contribution in [2.45, 2.75) is 57.5 Å². The third kappa shape index (κ3) is 2.86. The molecule has 1 aliphatic carbocycles. The van der Waals surface area contributed by atoms with Crippen molar-refractivity contribution in [2.24, 2.45) is 5.73 Å². The second kappa shape index (κ2) is 5.83. The molecule has 3 N–H and O–H groups in total. The van der Waals surface area contributed by atoms with Crippen LogP contribution in [0.5, 0.6) is 11.5 Å². The lowest BCUT2D eigenvalue weighted by molar-refractivity contribution is 0.221. The molecule has 3 nitrogen and oxygen atoms in total. The van der Waals surface area contributed by atoms with E-state index >= 15 is 0 Å². The van der Waals surface area contributed by atoms with E-state index in [1.54, 1.807) is 6.07 Å². The fourth-order valence-electron chi connectivity index (χ4n) is 3.19. The first kappa shape index (κ1) is 14.2. The van der Waals surface area contributed by atoms with Gasteiger partial charge in [0, 0.05) is 17.5 Å². The normalized spacial score (nSPS) is 18.5. The molecule has 0 atom stereocenters. The van der Waals surface area contributed by atoms with Gasteiger partial charge in [-0.2, -0.15) is 0 Å². The molecule has 1 aromatic rings. The summed E-state index contributed by atoms with van der Waals surface area (Å²) in [5, 5.41) is 10.3. The SMILES string of the molecule is CC(C)Oc1cccc(O)c1C1(CN)CCCCC1. The summed E-state index contributed by atoms with van der Waals surface area (Å²) in [5.41, 5.74) is 6.88. The summed E-state index contributed by atoms with van der Waals surface area (Å²) in [4.78, 5) is 0. The zero-order valence-electron chi connectivity index (χ0n) is 12.0. The summed E-state index contributed by atoms with van der Waals surface area (Å²) in [7, 11) is 0. The molecule has 0 aromatic heterocycles. The lowest BCUT2D eigenvalue weighted by Gasteiger charge is -2.38. The van der Waals surface area contributed by atoms with Crippen LogP contribution in [0.15, 0.2) is 18.2 Å². The Morgan fingerprint density at radius 1 is 1.26 bits per heavy atom. The average molecular weight is 263 g/mol. The van der Waals surface area contributed by atoms with E-state index < -0.39 is 0 Å². The van der Waals surface area contributed by atoms with Gasteiger partial charge in [0.2, 0.25) is 0 Å². The van der Waals surface area contributed by atoms with Crippen molar-refractivity contribution in [1.82, 2.24) is 0 Å². The molecule has 1 aromatic carbocycles. The summed E-state index contributed by atoms with van der Waals surface area (Å²) in [5.74, 6) is 1.12. The molecule has 0 heterocycles. The van der Waals surface area contributed by atoms with E-state index in [0.29, 0.717) is 12.3 Å². The van der Waals surface area contributed by atoms with Crippen LogP contribution in [0.2, 0.25) is 0 Å². The van der Waals surface area contributed by atoms with Gasteiger partial charge in [0.1, 0.15) is 11.5 Å². The molecule has 2 rings (SSSR count). The lowest BCUT2D eigenvalue weighted by Crippen LogP contribution is -2.37. The highest BCUT2D eigenvalue weighted by molar-refractivity contribution is 5.49. The van der Waals surface area contributed by atoms with Crippen LogP contribution >= 0.6 is 0 Å². The Hall–Kier alpha value is -1.22. The second-order valence-electron chi connectivity index (χ2n) is 5.86. The molecule has 0 saturated heterocycles. The Morgan fingerprint density at radius 2 is 1.95 bits per heavy atom. The summed E-state index contributed by atoms with van der Waals surface area (Å²) in [6.45, 7) is 4.58. The zero-order valence-corrected chi connectivity index (χ0v) is 12.0. The van der Waals surface area contributed by atoms with Gasteiger partial charge >= 0.3 is 0 Å². The van der Waals surface area contributed by atoms with Crippen molar-refractivity contribution in [1.29, 1.82) is 0 Å². The van der Waals surface area contributed by atoms with Crippen LogP contribution in [0.25, 0.3) is 0 Å². The quantitative estimate of drug-likeness (QED) is 0.876. The van der Waals surface area contributed by atoms with E-state index in [0.717, 1.165) is 24.2 Å². The summed E-state index contributed by atoms with van der Waals surface area (Å²) in [6, 6.07) is 5.53. The van der Waals surface area contributed by atoms with Gasteiger partial charge in [0.05, 0.1) is 6.10 Å². The molecule has 3 heteroatoms. The molecule has 0 radical (unpaired) electrons. The number of hydrogen-bond donors (Lipinski definition) is 2. The molecule has 1 aliphatic rings. The Bertz CT molecular complexity index is 423. The van der Waals surface area contributed by atoms with Crippen molar-refractivity contribution in [3.63, 3.8) is 0 Å². The van der Waals surface area contributed by atoms with Gasteiger partial charge in [-0.1, -0.05) is 25.3 Å². The minimum absolute atomic E-state index is 0.0963. The van der Waals surface area contributed by atoms with Crippen LogP contribution in [0.3, 0.4) is 0 Å². The van der Waals surface area contributed by atoms with Gasteiger partial charge in [-0.3, -0.25) is 0 Å². The minimum Gasteiger partial charge on any atom is -0.508 e. The maximum absolute atomic E-state index is 10.3. The van der Waals surface area contributed by atoms with Gasteiger partial charge in [-0.05, 0) is 38.8 Å². The molecule has 106 valence electrons. The summed E-state index contributed by atoms with van der Waals surface area (Å²) < 4.78 is 5.89. The van der Waals surface area contributed by atoms with Gasteiger partial charge in [-0.25, -0.2) is 0 Å². The third-order valence-electron chi connectivity index (χ3n) is 4.10. The Morgan fingerprint density at radius 3 is 2.53 bits per heavy atom. The standard InChI is InChI=1S/C16H25NO2/c1-12(2)19-14-8-6-7-13(18)15(14)16(11-17)9-4-3-5-10-16/h6-8,12,18H,3-5,9-11,17H2,1-2H3. The topological polar surface area (TPSA) is 55.5 Å². The summed E-state index contributed by atoms with van der Waals surface area (Å²) >= 11 is 0. The molecule has 0 unspecified atom stereocenters.